The first-order chi connectivity index (χ1) is 10.1. The van der Waals surface area contributed by atoms with Crippen molar-refractivity contribution in [2.24, 2.45) is 0 Å². The molecule has 1 amide bonds. The number of unbranched alkanes of at least 4 members (excludes halogenated alkanes) is 1. The second kappa shape index (κ2) is 7.46. The zero-order valence-electron chi connectivity index (χ0n) is 12.9. The summed E-state index contributed by atoms with van der Waals surface area (Å²) in [4.78, 5) is 11.9. The highest BCUT2D eigenvalue weighted by Crippen LogP contribution is 2.32. The lowest BCUT2D eigenvalue weighted by atomic mass is 9.89. The molecular weight excluding hydrogens is 266 g/mol. The summed E-state index contributed by atoms with van der Waals surface area (Å²) in [6.45, 7) is 4.54. The average molecular weight is 291 g/mol. The van der Waals surface area contributed by atoms with Crippen LogP contribution in [0.4, 0.5) is 0 Å². The number of hydrogen-bond acceptors (Lipinski definition) is 3. The molecule has 0 spiro atoms. The standard InChI is InChI=1S/C17H25NO3/c1-3-4-10-18-17(20)12(2)21-14-8-9-15-13(11-14)6-5-7-16(15)19/h8-9,11-12,16,19H,3-7,10H2,1-2H3,(H,18,20). The third kappa shape index (κ3) is 4.21. The molecule has 21 heavy (non-hydrogen) atoms. The number of nitrogens with one attached hydrogen (secondary N) is 1. The molecule has 0 saturated heterocycles. The molecule has 0 fully saturated rings. The van der Waals surface area contributed by atoms with E-state index in [9.17, 15) is 9.90 Å². The Morgan fingerprint density at radius 1 is 1.52 bits per heavy atom. The van der Waals surface area contributed by atoms with Crippen LogP contribution in [0.1, 0.15) is 56.8 Å². The molecule has 2 rings (SSSR count). The topological polar surface area (TPSA) is 58.6 Å². The number of rotatable bonds is 6. The van der Waals surface area contributed by atoms with Gasteiger partial charge < -0.3 is 15.2 Å². The summed E-state index contributed by atoms with van der Waals surface area (Å²) in [6.07, 6.45) is 3.94. The van der Waals surface area contributed by atoms with E-state index in [2.05, 4.69) is 12.2 Å². The zero-order chi connectivity index (χ0) is 15.2. The minimum atomic E-state index is -0.506. The molecule has 0 bridgehead atoms. The number of carbonyl (C=O) groups is 1. The van der Waals surface area contributed by atoms with E-state index in [-0.39, 0.29) is 12.0 Å². The van der Waals surface area contributed by atoms with Crippen LogP contribution >= 0.6 is 0 Å². The van der Waals surface area contributed by atoms with Gasteiger partial charge in [0.05, 0.1) is 6.10 Å². The van der Waals surface area contributed by atoms with Gasteiger partial charge >= 0.3 is 0 Å². The van der Waals surface area contributed by atoms with Crippen LogP contribution in [-0.4, -0.2) is 23.7 Å². The third-order valence-electron chi connectivity index (χ3n) is 3.91. The highest BCUT2D eigenvalue weighted by Gasteiger charge is 2.19. The Bertz CT molecular complexity index is 487. The first-order valence-corrected chi connectivity index (χ1v) is 7.87. The van der Waals surface area contributed by atoms with Crippen LogP contribution in [0.15, 0.2) is 18.2 Å². The van der Waals surface area contributed by atoms with Crippen LogP contribution in [0, 0.1) is 0 Å². The Labute approximate surface area is 126 Å². The highest BCUT2D eigenvalue weighted by atomic mass is 16.5. The van der Waals surface area contributed by atoms with Crippen molar-refractivity contribution >= 4 is 5.91 Å². The minimum Gasteiger partial charge on any atom is -0.481 e. The number of ether oxygens (including phenoxy) is 1. The van der Waals surface area contributed by atoms with Gasteiger partial charge in [-0.1, -0.05) is 19.4 Å². The summed E-state index contributed by atoms with van der Waals surface area (Å²) in [7, 11) is 0. The van der Waals surface area contributed by atoms with Gasteiger partial charge in [0.25, 0.3) is 5.91 Å². The van der Waals surface area contributed by atoms with Gasteiger partial charge in [-0.3, -0.25) is 4.79 Å². The van der Waals surface area contributed by atoms with Gasteiger partial charge in [-0.2, -0.15) is 0 Å². The van der Waals surface area contributed by atoms with E-state index in [0.29, 0.717) is 12.3 Å². The van der Waals surface area contributed by atoms with Gasteiger partial charge in [0.2, 0.25) is 0 Å². The van der Waals surface area contributed by atoms with Crippen LogP contribution in [0.2, 0.25) is 0 Å². The number of aliphatic hydroxyl groups excluding tert-OH is 1. The molecule has 1 aliphatic rings. The quantitative estimate of drug-likeness (QED) is 0.792. The van der Waals surface area contributed by atoms with Gasteiger partial charge in [-0.25, -0.2) is 0 Å². The van der Waals surface area contributed by atoms with Crippen LogP contribution < -0.4 is 10.1 Å². The molecule has 0 aromatic heterocycles. The Balaban J connectivity index is 1.95. The second-order valence-electron chi connectivity index (χ2n) is 5.67. The van der Waals surface area contributed by atoms with Gasteiger partial charge in [0, 0.05) is 6.54 Å². The molecule has 2 atom stereocenters. The molecule has 2 unspecified atom stereocenters. The molecule has 2 N–H and O–H groups in total. The Hall–Kier alpha value is -1.55. The predicted molar refractivity (Wildman–Crippen MR) is 82.3 cm³/mol. The van der Waals surface area contributed by atoms with E-state index >= 15 is 0 Å². The molecule has 4 nitrogen and oxygen atoms in total. The Morgan fingerprint density at radius 3 is 3.10 bits per heavy atom. The molecule has 0 saturated carbocycles. The molecule has 1 aliphatic carbocycles. The lowest BCUT2D eigenvalue weighted by Crippen LogP contribution is -2.36. The lowest BCUT2D eigenvalue weighted by molar-refractivity contribution is -0.127. The molecule has 116 valence electrons. The number of aliphatic hydroxyl groups is 1. The van der Waals surface area contributed by atoms with E-state index in [1.807, 2.05) is 18.2 Å². The van der Waals surface area contributed by atoms with E-state index in [1.54, 1.807) is 6.92 Å². The normalized spacial score (nSPS) is 18.7. The van der Waals surface area contributed by atoms with Crippen LogP contribution in [0.5, 0.6) is 5.75 Å². The van der Waals surface area contributed by atoms with Gasteiger partial charge in [-0.15, -0.1) is 0 Å². The number of amides is 1. The second-order valence-corrected chi connectivity index (χ2v) is 5.67. The van der Waals surface area contributed by atoms with Crippen molar-refractivity contribution in [3.63, 3.8) is 0 Å². The predicted octanol–water partition coefficient (Wildman–Crippen LogP) is 2.74. The van der Waals surface area contributed by atoms with Gasteiger partial charge in [-0.05, 0) is 55.9 Å². The Kier molecular flexibility index (Phi) is 5.62. The van der Waals surface area contributed by atoms with Crippen LogP contribution in [0.25, 0.3) is 0 Å². The molecule has 1 aromatic carbocycles. The zero-order valence-corrected chi connectivity index (χ0v) is 12.9. The van der Waals surface area contributed by atoms with Crippen molar-refractivity contribution in [1.82, 2.24) is 5.32 Å². The molecule has 0 heterocycles. The summed E-state index contributed by atoms with van der Waals surface area (Å²) < 4.78 is 5.71. The maximum absolute atomic E-state index is 11.9. The summed E-state index contributed by atoms with van der Waals surface area (Å²) in [5.74, 6) is 0.613. The number of benzene rings is 1. The monoisotopic (exact) mass is 291 g/mol. The smallest absolute Gasteiger partial charge is 0.260 e. The number of carbonyl (C=O) groups excluding carboxylic acids is 1. The largest absolute Gasteiger partial charge is 0.481 e. The van der Waals surface area contributed by atoms with Crippen molar-refractivity contribution in [3.8, 4) is 5.75 Å². The van der Waals surface area contributed by atoms with Crippen molar-refractivity contribution in [2.45, 2.75) is 58.2 Å². The summed E-state index contributed by atoms with van der Waals surface area (Å²) >= 11 is 0. The first-order valence-electron chi connectivity index (χ1n) is 7.87. The fraction of sp³-hybridized carbons (Fsp3) is 0.588. The number of fused-ring (bicyclic) bond motifs is 1. The highest BCUT2D eigenvalue weighted by molar-refractivity contribution is 5.80. The molecule has 0 aliphatic heterocycles. The maximum Gasteiger partial charge on any atom is 0.260 e. The third-order valence-corrected chi connectivity index (χ3v) is 3.91. The summed E-state index contributed by atoms with van der Waals surface area (Å²) in [6, 6.07) is 5.70. The molecular formula is C17H25NO3. The minimum absolute atomic E-state index is 0.0822. The Morgan fingerprint density at radius 2 is 2.33 bits per heavy atom. The van der Waals surface area contributed by atoms with Crippen LogP contribution in [-0.2, 0) is 11.2 Å². The molecule has 0 radical (unpaired) electrons. The fourth-order valence-electron chi connectivity index (χ4n) is 2.63. The average Bonchev–Trinajstić information content (AvgIpc) is 2.47. The molecule has 4 heteroatoms. The fourth-order valence-corrected chi connectivity index (χ4v) is 2.63. The van der Waals surface area contributed by atoms with Crippen LogP contribution in [0.3, 0.4) is 0 Å². The number of aryl methyl sites for hydroxylation is 1. The van der Waals surface area contributed by atoms with E-state index < -0.39 is 6.10 Å². The van der Waals surface area contributed by atoms with Crippen molar-refractivity contribution in [1.29, 1.82) is 0 Å². The van der Waals surface area contributed by atoms with E-state index in [4.69, 9.17) is 4.74 Å². The van der Waals surface area contributed by atoms with Gasteiger partial charge in [0.1, 0.15) is 5.75 Å². The van der Waals surface area contributed by atoms with Crippen molar-refractivity contribution < 1.29 is 14.6 Å². The van der Waals surface area contributed by atoms with Crippen molar-refractivity contribution in [2.75, 3.05) is 6.54 Å². The van der Waals surface area contributed by atoms with E-state index in [1.165, 1.54) is 0 Å². The van der Waals surface area contributed by atoms with Gasteiger partial charge in [0.15, 0.2) is 6.10 Å². The molecule has 1 aromatic rings. The number of hydrogen-bond donors (Lipinski definition) is 2. The SMILES string of the molecule is CCCCNC(=O)C(C)Oc1ccc2c(c1)CCCC2O. The summed E-state index contributed by atoms with van der Waals surface area (Å²) in [5, 5.41) is 12.8. The van der Waals surface area contributed by atoms with E-state index in [0.717, 1.165) is 43.2 Å². The van der Waals surface area contributed by atoms with Crippen molar-refractivity contribution in [3.05, 3.63) is 29.3 Å². The first kappa shape index (κ1) is 15.8. The maximum atomic E-state index is 11.9. The lowest BCUT2D eigenvalue weighted by Gasteiger charge is -2.22. The summed E-state index contributed by atoms with van der Waals surface area (Å²) in [5.41, 5.74) is 2.12.